The lowest BCUT2D eigenvalue weighted by Crippen LogP contribution is -2.30. The van der Waals surface area contributed by atoms with Gasteiger partial charge in [-0.15, -0.1) is 0 Å². The summed E-state index contributed by atoms with van der Waals surface area (Å²) in [7, 11) is 24.0. The van der Waals surface area contributed by atoms with Gasteiger partial charge in [-0.3, -0.25) is 0 Å². The first-order chi connectivity index (χ1) is 6.33. The quantitative estimate of drug-likeness (QED) is 0.275. The van der Waals surface area contributed by atoms with Gasteiger partial charge >= 0.3 is 0 Å². The average Bonchev–Trinajstić information content (AvgIpc) is 2.13. The number of hydrogen-bond donors (Lipinski definition) is 0. The van der Waals surface area contributed by atoms with Gasteiger partial charge < -0.3 is 0 Å². The van der Waals surface area contributed by atoms with E-state index in [1.807, 2.05) is 28.2 Å². The van der Waals surface area contributed by atoms with Crippen molar-refractivity contribution in [3.63, 3.8) is 0 Å². The zero-order valence-corrected chi connectivity index (χ0v) is 7.72. The van der Waals surface area contributed by atoms with Crippen LogP contribution >= 0.6 is 0 Å². The third-order valence-corrected chi connectivity index (χ3v) is 0.778. The third kappa shape index (κ3) is 24.5. The topological polar surface area (TPSA) is 23.8 Å². The van der Waals surface area contributed by atoms with E-state index in [2.05, 4.69) is 0 Å². The first-order valence-electron chi connectivity index (χ1n) is 3.72. The van der Waals surface area contributed by atoms with E-state index in [0.717, 1.165) is 0 Å². The largest absolute Gasteiger partial charge is 0.199 e. The standard InChI is InChI=1S/C2H3N.B10/c1-2-3;1-3-5-7-9-10-8-6-4-2/h1H3;. The van der Waals surface area contributed by atoms with Crippen LogP contribution in [-0.4, -0.2) is 72.0 Å². The highest BCUT2D eigenvalue weighted by molar-refractivity contribution is 7.68. The van der Waals surface area contributed by atoms with Crippen molar-refractivity contribution in [2.24, 2.45) is 0 Å². The Morgan fingerprint density at radius 1 is 0.846 bits per heavy atom. The van der Waals surface area contributed by atoms with Crippen LogP contribution in [0.25, 0.3) is 0 Å². The summed E-state index contributed by atoms with van der Waals surface area (Å²) in [6, 6.07) is 1.75. The van der Waals surface area contributed by atoms with Crippen molar-refractivity contribution in [1.29, 1.82) is 5.26 Å². The van der Waals surface area contributed by atoms with E-state index in [4.69, 9.17) is 20.7 Å². The molecule has 0 saturated carbocycles. The molecular formula is C2H3B10N. The molecule has 0 aliphatic carbocycles. The summed E-state index contributed by atoms with van der Waals surface area (Å²) in [5.74, 6) is 0. The monoisotopic (exact) mass is 151 g/mol. The molecule has 0 aliphatic rings. The first kappa shape index (κ1) is 15.6. The van der Waals surface area contributed by atoms with Crippen molar-refractivity contribution in [2.45, 2.75) is 6.92 Å². The van der Waals surface area contributed by atoms with E-state index in [1.54, 1.807) is 20.2 Å². The highest BCUT2D eigenvalue weighted by Gasteiger charge is 1.92. The van der Waals surface area contributed by atoms with E-state index in [-0.39, 0.29) is 0 Å². The fourth-order valence-electron chi connectivity index (χ4n) is 0.385. The molecule has 0 N–H and O–H groups in total. The second kappa shape index (κ2) is 18.0. The minimum absolute atomic E-state index is 1.43. The maximum Gasteiger partial charge on any atom is 0.0587 e. The number of nitrogens with zero attached hydrogens (tertiary/aromatic N) is 1. The maximum absolute atomic E-state index is 7.32. The Bertz CT molecular complexity index is 102. The Morgan fingerprint density at radius 2 is 1.08 bits per heavy atom. The van der Waals surface area contributed by atoms with Gasteiger partial charge in [-0.25, -0.2) is 0 Å². The fraction of sp³-hybridized carbons (Fsp3) is 0.500. The predicted octanol–water partition coefficient (Wildman–Crippen LogP) is -3.28. The summed E-state index contributed by atoms with van der Waals surface area (Å²) < 4.78 is 0. The molecular weight excluding hydrogens is 146 g/mol. The minimum Gasteiger partial charge on any atom is -0.199 e. The molecule has 0 heterocycles. The van der Waals surface area contributed by atoms with Crippen LogP contribution in [0.5, 0.6) is 0 Å². The predicted molar refractivity (Wildman–Crippen MR) is 68.8 cm³/mol. The van der Waals surface area contributed by atoms with Gasteiger partial charge in [0.2, 0.25) is 0 Å². The molecule has 0 aromatic carbocycles. The SMILES string of the molecule is CC#N.[B][B][B][B][B][B][B][B][B][B]. The molecule has 12 radical (unpaired) electrons. The zero-order chi connectivity index (χ0) is 10.4. The molecule has 0 amide bonds. The summed E-state index contributed by atoms with van der Waals surface area (Å²) in [5, 5.41) is 7.32. The van der Waals surface area contributed by atoms with Crippen LogP contribution in [0, 0.1) is 11.3 Å². The van der Waals surface area contributed by atoms with E-state index in [0.29, 0.717) is 0 Å². The lowest BCUT2D eigenvalue weighted by atomic mass is 8.89. The highest BCUT2D eigenvalue weighted by atomic mass is 14.2. The van der Waals surface area contributed by atoms with Gasteiger partial charge in [0.25, 0.3) is 0 Å². The lowest BCUT2D eigenvalue weighted by molar-refractivity contribution is 1.49. The Hall–Kier alpha value is 0.139. The second-order valence-electron chi connectivity index (χ2n) is 1.76. The summed E-state index contributed by atoms with van der Waals surface area (Å²) in [6.07, 6.45) is 0. The van der Waals surface area contributed by atoms with E-state index in [9.17, 15) is 0 Å². The van der Waals surface area contributed by atoms with Gasteiger partial charge in [0.15, 0.2) is 0 Å². The van der Waals surface area contributed by atoms with Gasteiger partial charge in [-0.2, -0.15) is 5.26 Å². The lowest BCUT2D eigenvalue weighted by Gasteiger charge is -1.92. The molecule has 11 heteroatoms. The normalized spacial score (nSPS) is 5.85. The Morgan fingerprint density at radius 3 is 1.31 bits per heavy atom. The summed E-state index contributed by atoms with van der Waals surface area (Å²) in [6.45, 7) is 1.43. The second-order valence-corrected chi connectivity index (χ2v) is 1.76. The van der Waals surface area contributed by atoms with Gasteiger partial charge in [-0.1, -0.05) is 0 Å². The minimum atomic E-state index is 1.43. The Labute approximate surface area is 90.6 Å². The van der Waals surface area contributed by atoms with Crippen LogP contribution in [0.15, 0.2) is 0 Å². The molecule has 0 fully saturated rings. The van der Waals surface area contributed by atoms with Crippen LogP contribution in [0.3, 0.4) is 0 Å². The Kier molecular flexibility index (Phi) is 21.6. The van der Waals surface area contributed by atoms with E-state index in [1.165, 1.54) is 21.0 Å². The van der Waals surface area contributed by atoms with E-state index >= 15 is 0 Å². The molecule has 0 spiro atoms. The van der Waals surface area contributed by atoms with Crippen LogP contribution < -0.4 is 0 Å². The van der Waals surface area contributed by atoms with Crippen LogP contribution in [0.2, 0.25) is 0 Å². The van der Waals surface area contributed by atoms with Crippen molar-refractivity contribution >= 4 is 72.0 Å². The first-order valence-corrected chi connectivity index (χ1v) is 3.72. The van der Waals surface area contributed by atoms with Gasteiger partial charge in [0.1, 0.15) is 0 Å². The summed E-state index contributed by atoms with van der Waals surface area (Å²) in [4.78, 5) is 0. The van der Waals surface area contributed by atoms with Crippen LogP contribution in [-0.2, 0) is 0 Å². The van der Waals surface area contributed by atoms with Crippen molar-refractivity contribution in [3.05, 3.63) is 0 Å². The third-order valence-electron chi connectivity index (χ3n) is 0.778. The molecule has 13 heavy (non-hydrogen) atoms. The van der Waals surface area contributed by atoms with Crippen molar-refractivity contribution in [2.75, 3.05) is 0 Å². The maximum atomic E-state index is 7.32. The fourth-order valence-corrected chi connectivity index (χ4v) is 0.385. The van der Waals surface area contributed by atoms with Gasteiger partial charge in [0.05, 0.1) is 6.07 Å². The smallest absolute Gasteiger partial charge is 0.0587 e. The molecule has 0 rings (SSSR count). The number of hydrogen-bond acceptors (Lipinski definition) is 1. The van der Waals surface area contributed by atoms with Crippen LogP contribution in [0.1, 0.15) is 6.92 Å². The molecule has 0 aromatic heterocycles. The van der Waals surface area contributed by atoms with Crippen molar-refractivity contribution in [3.8, 4) is 6.07 Å². The molecule has 46 valence electrons. The molecule has 0 atom stereocenters. The van der Waals surface area contributed by atoms with Gasteiger partial charge in [-0.05, 0) is 0 Å². The molecule has 0 saturated heterocycles. The molecule has 0 bridgehead atoms. The van der Waals surface area contributed by atoms with Crippen molar-refractivity contribution < 1.29 is 0 Å². The Balaban J connectivity index is 0. The highest BCUT2D eigenvalue weighted by Crippen LogP contribution is 1.54. The van der Waals surface area contributed by atoms with E-state index < -0.39 is 0 Å². The molecule has 0 unspecified atom stereocenters. The number of rotatable bonds is 7. The summed E-state index contributed by atoms with van der Waals surface area (Å²) >= 11 is 0. The zero-order valence-electron chi connectivity index (χ0n) is 7.72. The van der Waals surface area contributed by atoms with Gasteiger partial charge in [0, 0.05) is 78.9 Å². The van der Waals surface area contributed by atoms with Crippen LogP contribution in [0.4, 0.5) is 0 Å². The summed E-state index contributed by atoms with van der Waals surface area (Å²) in [5.41, 5.74) is 0. The molecule has 1 nitrogen and oxygen atoms in total. The molecule has 0 aromatic rings. The van der Waals surface area contributed by atoms with Crippen molar-refractivity contribution in [1.82, 2.24) is 0 Å². The number of nitriles is 1. The molecule has 0 aliphatic heterocycles. The average molecular weight is 149 g/mol.